The zero-order chi connectivity index (χ0) is 16.6. The van der Waals surface area contributed by atoms with Crippen LogP contribution in [0.1, 0.15) is 34.0 Å². The monoisotopic (exact) mass is 327 g/mol. The van der Waals surface area contributed by atoms with Crippen molar-refractivity contribution in [2.45, 2.75) is 19.9 Å². The Morgan fingerprint density at radius 1 is 1.26 bits per heavy atom. The van der Waals surface area contributed by atoms with Gasteiger partial charge in [0.1, 0.15) is 10.6 Å². The molecule has 0 radical (unpaired) electrons. The molecule has 1 aromatic carbocycles. The molecular weight excluding hydrogens is 310 g/mol. The lowest BCUT2D eigenvalue weighted by molar-refractivity contribution is 0.0740. The first-order chi connectivity index (χ1) is 11.0. The number of H-pyrrole nitrogens is 1. The number of rotatable bonds is 3. The van der Waals surface area contributed by atoms with Crippen LogP contribution in [0.2, 0.25) is 0 Å². The fourth-order valence-electron chi connectivity index (χ4n) is 2.34. The Balaban J connectivity index is 1.90. The summed E-state index contributed by atoms with van der Waals surface area (Å²) in [5.41, 5.74) is 1.44. The highest BCUT2D eigenvalue weighted by Crippen LogP contribution is 2.29. The molecule has 0 aliphatic heterocycles. The van der Waals surface area contributed by atoms with Crippen LogP contribution in [-0.2, 0) is 0 Å². The molecule has 23 heavy (non-hydrogen) atoms. The van der Waals surface area contributed by atoms with E-state index in [4.69, 9.17) is 0 Å². The molecule has 0 saturated carbocycles. The molecule has 118 valence electrons. The first kappa shape index (κ1) is 15.4. The van der Waals surface area contributed by atoms with Crippen LogP contribution in [0.4, 0.5) is 0 Å². The molecule has 3 aromatic rings. The predicted molar refractivity (Wildman–Crippen MR) is 91.9 cm³/mol. The molecule has 2 aromatic heterocycles. The van der Waals surface area contributed by atoms with Crippen molar-refractivity contribution in [3.8, 4) is 0 Å². The second-order valence-electron chi connectivity index (χ2n) is 5.50. The van der Waals surface area contributed by atoms with Crippen molar-refractivity contribution in [1.29, 1.82) is 0 Å². The van der Waals surface area contributed by atoms with Crippen LogP contribution in [0.3, 0.4) is 0 Å². The Kier molecular flexibility index (Phi) is 4.00. The molecule has 6 heteroatoms. The van der Waals surface area contributed by atoms with Crippen molar-refractivity contribution in [1.82, 2.24) is 14.9 Å². The first-order valence-corrected chi connectivity index (χ1v) is 8.11. The SMILES string of the molecule is Cc1ccc(C(=O)N(C)[C@H](C)c2nc3ccccc3s2)c(=O)[nH]1. The summed E-state index contributed by atoms with van der Waals surface area (Å²) in [7, 11) is 1.69. The van der Waals surface area contributed by atoms with E-state index >= 15 is 0 Å². The van der Waals surface area contributed by atoms with Gasteiger partial charge in [-0.25, -0.2) is 4.98 Å². The number of hydrogen-bond donors (Lipinski definition) is 1. The zero-order valence-electron chi connectivity index (χ0n) is 13.2. The molecule has 3 rings (SSSR count). The number of carbonyl (C=O) groups excluding carboxylic acids is 1. The number of para-hydroxylation sites is 1. The molecule has 0 unspecified atom stereocenters. The molecule has 1 N–H and O–H groups in total. The lowest BCUT2D eigenvalue weighted by Crippen LogP contribution is -2.33. The van der Waals surface area contributed by atoms with E-state index in [0.717, 1.165) is 20.9 Å². The molecule has 0 bridgehead atoms. The van der Waals surface area contributed by atoms with Gasteiger partial charge in [-0.1, -0.05) is 12.1 Å². The van der Waals surface area contributed by atoms with Gasteiger partial charge in [0, 0.05) is 12.7 Å². The second kappa shape index (κ2) is 5.96. The number of carbonyl (C=O) groups is 1. The van der Waals surface area contributed by atoms with Crippen molar-refractivity contribution in [2.24, 2.45) is 0 Å². The minimum absolute atomic E-state index is 0.145. The van der Waals surface area contributed by atoms with Gasteiger partial charge in [0.05, 0.1) is 16.3 Å². The summed E-state index contributed by atoms with van der Waals surface area (Å²) in [5.74, 6) is -0.307. The van der Waals surface area contributed by atoms with Crippen molar-refractivity contribution in [2.75, 3.05) is 7.05 Å². The topological polar surface area (TPSA) is 66.1 Å². The Hall–Kier alpha value is -2.47. The van der Waals surface area contributed by atoms with Crippen LogP contribution in [0.25, 0.3) is 10.2 Å². The zero-order valence-corrected chi connectivity index (χ0v) is 14.0. The first-order valence-electron chi connectivity index (χ1n) is 7.30. The Bertz CT molecular complexity index is 896. The van der Waals surface area contributed by atoms with Gasteiger partial charge >= 0.3 is 0 Å². The largest absolute Gasteiger partial charge is 0.332 e. The third-order valence-corrected chi connectivity index (χ3v) is 5.06. The maximum Gasteiger partial charge on any atom is 0.260 e. The van der Waals surface area contributed by atoms with Crippen molar-refractivity contribution in [3.63, 3.8) is 0 Å². The standard InChI is InChI=1S/C17H17N3O2S/c1-10-8-9-12(15(21)18-10)17(22)20(3)11(2)16-19-13-6-4-5-7-14(13)23-16/h4-9,11H,1-3H3,(H,18,21)/t11-/m1/s1. The highest BCUT2D eigenvalue weighted by Gasteiger charge is 2.23. The van der Waals surface area contributed by atoms with Crippen molar-refractivity contribution >= 4 is 27.5 Å². The number of nitrogens with zero attached hydrogens (tertiary/aromatic N) is 2. The molecule has 1 atom stereocenters. The van der Waals surface area contributed by atoms with Crippen LogP contribution in [0, 0.1) is 6.92 Å². The normalized spacial score (nSPS) is 12.3. The summed E-state index contributed by atoms with van der Waals surface area (Å²) < 4.78 is 1.09. The van der Waals surface area contributed by atoms with E-state index in [1.165, 1.54) is 0 Å². The fourth-order valence-corrected chi connectivity index (χ4v) is 3.40. The summed E-state index contributed by atoms with van der Waals surface area (Å²) in [4.78, 5) is 33.4. The van der Waals surface area contributed by atoms with Crippen LogP contribution < -0.4 is 5.56 Å². The van der Waals surface area contributed by atoms with Gasteiger partial charge in [-0.3, -0.25) is 9.59 Å². The number of nitrogens with one attached hydrogen (secondary N) is 1. The highest BCUT2D eigenvalue weighted by atomic mass is 32.1. The van der Waals surface area contributed by atoms with E-state index in [1.54, 1.807) is 42.3 Å². The smallest absolute Gasteiger partial charge is 0.260 e. The lowest BCUT2D eigenvalue weighted by Gasteiger charge is -2.23. The Morgan fingerprint density at radius 3 is 2.70 bits per heavy atom. The van der Waals surface area contributed by atoms with E-state index in [0.29, 0.717) is 0 Å². The van der Waals surface area contributed by atoms with E-state index in [9.17, 15) is 9.59 Å². The van der Waals surface area contributed by atoms with Gasteiger partial charge in [-0.05, 0) is 38.1 Å². The van der Waals surface area contributed by atoms with Crippen LogP contribution >= 0.6 is 11.3 Å². The number of pyridine rings is 1. The Labute approximate surface area is 137 Å². The molecule has 0 saturated heterocycles. The minimum Gasteiger partial charge on any atom is -0.332 e. The molecule has 1 amide bonds. The minimum atomic E-state index is -0.363. The third kappa shape index (κ3) is 2.90. The maximum absolute atomic E-state index is 12.6. The van der Waals surface area contributed by atoms with Crippen molar-refractivity contribution < 1.29 is 4.79 Å². The number of amides is 1. The molecule has 0 aliphatic carbocycles. The van der Waals surface area contributed by atoms with E-state index in [-0.39, 0.29) is 23.1 Å². The van der Waals surface area contributed by atoms with E-state index < -0.39 is 0 Å². The number of hydrogen-bond acceptors (Lipinski definition) is 4. The van der Waals surface area contributed by atoms with Gasteiger partial charge < -0.3 is 9.88 Å². The van der Waals surface area contributed by atoms with Crippen molar-refractivity contribution in [3.05, 3.63) is 63.0 Å². The van der Waals surface area contributed by atoms with E-state index in [1.807, 2.05) is 31.2 Å². The number of aromatic nitrogens is 2. The maximum atomic E-state index is 12.6. The molecule has 0 fully saturated rings. The fraction of sp³-hybridized carbons (Fsp3) is 0.235. The van der Waals surface area contributed by atoms with Gasteiger partial charge in [0.25, 0.3) is 11.5 Å². The molecule has 0 aliphatic rings. The number of thiazole rings is 1. The molecular formula is C17H17N3O2S. The Morgan fingerprint density at radius 2 is 2.00 bits per heavy atom. The van der Waals surface area contributed by atoms with Gasteiger partial charge in [0.2, 0.25) is 0 Å². The molecule has 0 spiro atoms. The van der Waals surface area contributed by atoms with Gasteiger partial charge in [-0.2, -0.15) is 0 Å². The summed E-state index contributed by atoms with van der Waals surface area (Å²) in [6, 6.07) is 11.0. The summed E-state index contributed by atoms with van der Waals surface area (Å²) in [6.45, 7) is 3.70. The number of benzene rings is 1. The van der Waals surface area contributed by atoms with Crippen LogP contribution in [0.5, 0.6) is 0 Å². The average Bonchev–Trinajstić information content (AvgIpc) is 2.97. The second-order valence-corrected chi connectivity index (χ2v) is 6.56. The molecule has 2 heterocycles. The lowest BCUT2D eigenvalue weighted by atomic mass is 10.2. The summed E-state index contributed by atoms with van der Waals surface area (Å²) in [6.07, 6.45) is 0. The van der Waals surface area contributed by atoms with Crippen LogP contribution in [-0.4, -0.2) is 27.8 Å². The number of fused-ring (bicyclic) bond motifs is 1. The van der Waals surface area contributed by atoms with Gasteiger partial charge in [0.15, 0.2) is 0 Å². The predicted octanol–water partition coefficient (Wildman–Crippen LogP) is 3.13. The van der Waals surface area contributed by atoms with E-state index in [2.05, 4.69) is 9.97 Å². The summed E-state index contributed by atoms with van der Waals surface area (Å²) >= 11 is 1.56. The quantitative estimate of drug-likeness (QED) is 0.804. The van der Waals surface area contributed by atoms with Gasteiger partial charge in [-0.15, -0.1) is 11.3 Å². The van der Waals surface area contributed by atoms with Crippen LogP contribution in [0.15, 0.2) is 41.2 Å². The summed E-state index contributed by atoms with van der Waals surface area (Å²) in [5, 5.41) is 0.852. The number of aromatic amines is 1. The average molecular weight is 327 g/mol. The third-order valence-electron chi connectivity index (χ3n) is 3.85. The number of aryl methyl sites for hydroxylation is 1. The highest BCUT2D eigenvalue weighted by molar-refractivity contribution is 7.18. The molecule has 5 nitrogen and oxygen atoms in total.